The summed E-state index contributed by atoms with van der Waals surface area (Å²) in [5.74, 6) is 0.728. The van der Waals surface area contributed by atoms with Crippen LogP contribution in [0.3, 0.4) is 0 Å². The zero-order chi connectivity index (χ0) is 13.1. The molecule has 0 unspecified atom stereocenters. The van der Waals surface area contributed by atoms with Gasteiger partial charge >= 0.3 is 0 Å². The minimum absolute atomic E-state index is 0.218. The number of hydrogen-bond acceptors (Lipinski definition) is 4. The molecule has 0 aliphatic carbocycles. The van der Waals surface area contributed by atoms with Crippen LogP contribution in [0, 0.1) is 0 Å². The molecule has 2 aromatic rings. The van der Waals surface area contributed by atoms with Gasteiger partial charge in [0.1, 0.15) is 5.82 Å². The molecule has 0 spiro atoms. The molecule has 6 nitrogen and oxygen atoms in total. The number of nitrogens with zero attached hydrogens (tertiary/aromatic N) is 4. The number of primary amides is 1. The van der Waals surface area contributed by atoms with Gasteiger partial charge in [-0.15, -0.1) is 10.2 Å². The fourth-order valence-corrected chi connectivity index (χ4v) is 2.27. The molecule has 96 valence electrons. The van der Waals surface area contributed by atoms with Crippen molar-refractivity contribution in [1.82, 2.24) is 19.3 Å². The average Bonchev–Trinajstić information content (AvgIpc) is 2.86. The van der Waals surface area contributed by atoms with E-state index in [0.717, 1.165) is 11.5 Å². The molecule has 0 atom stereocenters. The summed E-state index contributed by atoms with van der Waals surface area (Å²) in [5.41, 5.74) is 6.27. The molecular weight excluding hydrogens is 250 g/mol. The second kappa shape index (κ2) is 5.26. The topological polar surface area (TPSA) is 78.7 Å². The molecule has 0 aliphatic heterocycles. The van der Waals surface area contributed by atoms with Gasteiger partial charge in [0, 0.05) is 32.4 Å². The first-order chi connectivity index (χ1) is 8.58. The third kappa shape index (κ3) is 2.73. The van der Waals surface area contributed by atoms with Crippen molar-refractivity contribution in [3.63, 3.8) is 0 Å². The first kappa shape index (κ1) is 12.7. The second-order valence-corrected chi connectivity index (χ2v) is 4.94. The minimum atomic E-state index is -0.355. The Bertz CT molecular complexity index is 560. The smallest absolute Gasteiger partial charge is 0.227 e. The van der Waals surface area contributed by atoms with E-state index >= 15 is 0 Å². The summed E-state index contributed by atoms with van der Waals surface area (Å²) >= 11 is 1.30. The molecule has 0 saturated carbocycles. The van der Waals surface area contributed by atoms with E-state index in [1.807, 2.05) is 41.6 Å². The van der Waals surface area contributed by atoms with E-state index in [1.54, 1.807) is 0 Å². The van der Waals surface area contributed by atoms with Crippen LogP contribution in [0.2, 0.25) is 0 Å². The van der Waals surface area contributed by atoms with Gasteiger partial charge in [-0.2, -0.15) is 0 Å². The molecule has 1 amide bonds. The van der Waals surface area contributed by atoms with Gasteiger partial charge in [-0.1, -0.05) is 11.8 Å². The molecule has 0 saturated heterocycles. The summed E-state index contributed by atoms with van der Waals surface area (Å²) in [7, 11) is 3.88. The van der Waals surface area contributed by atoms with Crippen LogP contribution in [0.5, 0.6) is 0 Å². The number of amides is 1. The van der Waals surface area contributed by atoms with E-state index in [9.17, 15) is 4.79 Å². The Kier molecular flexibility index (Phi) is 3.71. The predicted molar refractivity (Wildman–Crippen MR) is 69.1 cm³/mol. The largest absolute Gasteiger partial charge is 0.369 e. The third-order valence-corrected chi connectivity index (χ3v) is 3.70. The molecule has 0 fully saturated rings. The lowest BCUT2D eigenvalue weighted by Crippen LogP contribution is -2.13. The molecule has 0 radical (unpaired) electrons. The Morgan fingerprint density at radius 1 is 1.44 bits per heavy atom. The minimum Gasteiger partial charge on any atom is -0.369 e. The highest BCUT2D eigenvalue weighted by Gasteiger charge is 2.11. The van der Waals surface area contributed by atoms with Crippen molar-refractivity contribution in [2.24, 2.45) is 19.8 Å². The van der Waals surface area contributed by atoms with Crippen LogP contribution in [0.1, 0.15) is 11.5 Å². The molecule has 0 bridgehead atoms. The van der Waals surface area contributed by atoms with Crippen molar-refractivity contribution < 1.29 is 4.79 Å². The maximum absolute atomic E-state index is 10.7. The Labute approximate surface area is 109 Å². The van der Waals surface area contributed by atoms with Crippen LogP contribution in [-0.4, -0.2) is 31.0 Å². The predicted octanol–water partition coefficient (Wildman–Crippen LogP) is 0.322. The van der Waals surface area contributed by atoms with E-state index in [2.05, 4.69) is 10.2 Å². The lowest BCUT2D eigenvalue weighted by Gasteiger charge is -2.04. The van der Waals surface area contributed by atoms with Crippen LogP contribution in [0.4, 0.5) is 0 Å². The summed E-state index contributed by atoms with van der Waals surface area (Å²) in [4.78, 5) is 10.7. The summed E-state index contributed by atoms with van der Waals surface area (Å²) in [6.07, 6.45) is 2.71. The molecule has 0 aliphatic rings. The average molecular weight is 265 g/mol. The fraction of sp³-hybridized carbons (Fsp3) is 0.364. The van der Waals surface area contributed by atoms with Crippen molar-refractivity contribution in [2.45, 2.75) is 11.6 Å². The number of aromatic nitrogens is 4. The molecule has 2 rings (SSSR count). The van der Waals surface area contributed by atoms with Gasteiger partial charge in [0.15, 0.2) is 5.16 Å². The highest BCUT2D eigenvalue weighted by molar-refractivity contribution is 7.99. The second-order valence-electron chi connectivity index (χ2n) is 4.00. The fourth-order valence-electron chi connectivity index (χ4n) is 1.60. The van der Waals surface area contributed by atoms with Crippen molar-refractivity contribution >= 4 is 17.7 Å². The van der Waals surface area contributed by atoms with Gasteiger partial charge in [-0.3, -0.25) is 4.79 Å². The van der Waals surface area contributed by atoms with E-state index in [-0.39, 0.29) is 11.7 Å². The van der Waals surface area contributed by atoms with Gasteiger partial charge in [0.2, 0.25) is 5.91 Å². The zero-order valence-electron chi connectivity index (χ0n) is 10.3. The van der Waals surface area contributed by atoms with Crippen molar-refractivity contribution in [3.8, 4) is 0 Å². The molecule has 18 heavy (non-hydrogen) atoms. The summed E-state index contributed by atoms with van der Waals surface area (Å²) in [6, 6.07) is 4.04. The standard InChI is InChI=1S/C11H15N5OS/c1-15-5-3-4-8(15)6-10-13-14-11(16(10)2)18-7-9(12)17/h3-5H,6-7H2,1-2H3,(H2,12,17). The Hall–Kier alpha value is -1.76. The molecule has 2 aromatic heterocycles. The molecule has 0 aromatic carbocycles. The van der Waals surface area contributed by atoms with Crippen LogP contribution in [0.15, 0.2) is 23.5 Å². The lowest BCUT2D eigenvalue weighted by molar-refractivity contribution is -0.115. The van der Waals surface area contributed by atoms with Gasteiger partial charge in [-0.05, 0) is 12.1 Å². The van der Waals surface area contributed by atoms with Gasteiger partial charge in [0.05, 0.1) is 5.75 Å². The molecule has 2 heterocycles. The Morgan fingerprint density at radius 3 is 2.83 bits per heavy atom. The van der Waals surface area contributed by atoms with Gasteiger partial charge < -0.3 is 14.9 Å². The first-order valence-corrected chi connectivity index (χ1v) is 6.46. The number of carbonyl (C=O) groups excluding carboxylic acids is 1. The van der Waals surface area contributed by atoms with Gasteiger partial charge in [0.25, 0.3) is 0 Å². The monoisotopic (exact) mass is 265 g/mol. The summed E-state index contributed by atoms with van der Waals surface area (Å²) in [5, 5.41) is 8.90. The van der Waals surface area contributed by atoms with Crippen LogP contribution in [-0.2, 0) is 25.3 Å². The summed E-state index contributed by atoms with van der Waals surface area (Å²) in [6.45, 7) is 0. The maximum Gasteiger partial charge on any atom is 0.227 e. The number of aryl methyl sites for hydroxylation is 1. The zero-order valence-corrected chi connectivity index (χ0v) is 11.1. The SMILES string of the molecule is Cn1cccc1Cc1nnc(SCC(N)=O)n1C. The van der Waals surface area contributed by atoms with Crippen LogP contribution < -0.4 is 5.73 Å². The van der Waals surface area contributed by atoms with E-state index in [4.69, 9.17) is 5.73 Å². The van der Waals surface area contributed by atoms with Gasteiger partial charge in [-0.25, -0.2) is 0 Å². The number of hydrogen-bond donors (Lipinski definition) is 1. The number of nitrogens with two attached hydrogens (primary N) is 1. The van der Waals surface area contributed by atoms with E-state index in [0.29, 0.717) is 11.6 Å². The number of thioether (sulfide) groups is 1. The lowest BCUT2D eigenvalue weighted by atomic mass is 10.3. The third-order valence-electron chi connectivity index (χ3n) is 2.66. The summed E-state index contributed by atoms with van der Waals surface area (Å²) < 4.78 is 3.94. The Morgan fingerprint density at radius 2 is 2.22 bits per heavy atom. The molecular formula is C11H15N5OS. The highest BCUT2D eigenvalue weighted by atomic mass is 32.2. The highest BCUT2D eigenvalue weighted by Crippen LogP contribution is 2.16. The number of rotatable bonds is 5. The van der Waals surface area contributed by atoms with Crippen LogP contribution >= 0.6 is 11.8 Å². The molecule has 7 heteroatoms. The molecule has 2 N–H and O–H groups in total. The Balaban J connectivity index is 2.11. The first-order valence-electron chi connectivity index (χ1n) is 5.47. The number of carbonyl (C=O) groups is 1. The van der Waals surface area contributed by atoms with E-state index in [1.165, 1.54) is 11.8 Å². The van der Waals surface area contributed by atoms with E-state index < -0.39 is 0 Å². The van der Waals surface area contributed by atoms with Crippen molar-refractivity contribution in [2.75, 3.05) is 5.75 Å². The van der Waals surface area contributed by atoms with Crippen LogP contribution in [0.25, 0.3) is 0 Å². The normalized spacial score (nSPS) is 10.8. The van der Waals surface area contributed by atoms with Crippen molar-refractivity contribution in [3.05, 3.63) is 29.8 Å². The maximum atomic E-state index is 10.7. The van der Waals surface area contributed by atoms with Crippen molar-refractivity contribution in [1.29, 1.82) is 0 Å². The quantitative estimate of drug-likeness (QED) is 0.790.